The smallest absolute Gasteiger partial charge is 0.337 e. The minimum absolute atomic E-state index is 0.209. The van der Waals surface area contributed by atoms with Gasteiger partial charge in [0, 0.05) is 12.5 Å². The Balaban J connectivity index is 2.55. The number of methoxy groups -OCH3 is 1. The first-order chi connectivity index (χ1) is 9.17. The summed E-state index contributed by atoms with van der Waals surface area (Å²) in [6.07, 6.45) is 8.33. The van der Waals surface area contributed by atoms with E-state index < -0.39 is 11.9 Å². The molecular formula is C15H14O4. The lowest BCUT2D eigenvalue weighted by Gasteiger charge is -2.00. The fourth-order valence-electron chi connectivity index (χ4n) is 1.27. The van der Waals surface area contributed by atoms with E-state index in [0.717, 1.165) is 5.56 Å². The summed E-state index contributed by atoms with van der Waals surface area (Å²) < 4.78 is 9.42. The third-order valence-corrected chi connectivity index (χ3v) is 2.23. The maximum Gasteiger partial charge on any atom is 0.337 e. The number of esters is 2. The zero-order valence-corrected chi connectivity index (χ0v) is 10.6. The number of ether oxygens (including phenoxy) is 2. The molecule has 4 nitrogen and oxygen atoms in total. The molecule has 0 spiro atoms. The van der Waals surface area contributed by atoms with E-state index in [4.69, 9.17) is 11.2 Å². The van der Waals surface area contributed by atoms with Crippen LogP contribution >= 0.6 is 0 Å². The van der Waals surface area contributed by atoms with Crippen LogP contribution in [0.25, 0.3) is 6.08 Å². The van der Waals surface area contributed by atoms with Gasteiger partial charge in [-0.15, -0.1) is 12.3 Å². The van der Waals surface area contributed by atoms with Gasteiger partial charge in [-0.1, -0.05) is 12.1 Å². The van der Waals surface area contributed by atoms with Gasteiger partial charge in [0.1, 0.15) is 6.61 Å². The van der Waals surface area contributed by atoms with Gasteiger partial charge >= 0.3 is 11.9 Å². The van der Waals surface area contributed by atoms with Crippen molar-refractivity contribution in [2.45, 2.75) is 6.42 Å². The van der Waals surface area contributed by atoms with E-state index in [1.807, 2.05) is 0 Å². The second-order valence-electron chi connectivity index (χ2n) is 3.57. The van der Waals surface area contributed by atoms with Crippen LogP contribution in [0.5, 0.6) is 0 Å². The summed E-state index contributed by atoms with van der Waals surface area (Å²) in [5.41, 5.74) is 1.23. The van der Waals surface area contributed by atoms with Gasteiger partial charge in [-0.2, -0.15) is 0 Å². The molecule has 19 heavy (non-hydrogen) atoms. The summed E-state index contributed by atoms with van der Waals surface area (Å²) in [6, 6.07) is 6.65. The molecule has 0 bridgehead atoms. The van der Waals surface area contributed by atoms with Crippen molar-refractivity contribution in [1.82, 2.24) is 0 Å². The molecule has 0 radical (unpaired) electrons. The molecule has 0 amide bonds. The first-order valence-electron chi connectivity index (χ1n) is 5.64. The van der Waals surface area contributed by atoms with Crippen LogP contribution in [0, 0.1) is 12.3 Å². The highest BCUT2D eigenvalue weighted by Gasteiger charge is 2.03. The normalized spacial score (nSPS) is 9.89. The third-order valence-electron chi connectivity index (χ3n) is 2.23. The summed E-state index contributed by atoms with van der Waals surface area (Å²) in [4.78, 5) is 22.5. The van der Waals surface area contributed by atoms with Gasteiger partial charge in [-0.3, -0.25) is 0 Å². The van der Waals surface area contributed by atoms with Gasteiger partial charge in [0.05, 0.1) is 12.7 Å². The van der Waals surface area contributed by atoms with Gasteiger partial charge in [0.15, 0.2) is 0 Å². The topological polar surface area (TPSA) is 52.6 Å². The molecule has 1 rings (SSSR count). The van der Waals surface area contributed by atoms with E-state index in [-0.39, 0.29) is 6.61 Å². The zero-order valence-electron chi connectivity index (χ0n) is 10.6. The molecule has 98 valence electrons. The van der Waals surface area contributed by atoms with E-state index in [1.54, 1.807) is 30.3 Å². The maximum atomic E-state index is 11.3. The van der Waals surface area contributed by atoms with Crippen molar-refractivity contribution < 1.29 is 19.1 Å². The first kappa shape index (κ1) is 14.5. The summed E-state index contributed by atoms with van der Waals surface area (Å²) >= 11 is 0. The molecule has 0 aliphatic carbocycles. The Hall–Kier alpha value is -2.54. The van der Waals surface area contributed by atoms with E-state index in [0.29, 0.717) is 12.0 Å². The van der Waals surface area contributed by atoms with Crippen molar-refractivity contribution >= 4 is 18.0 Å². The number of carbonyl (C=O) groups is 2. The predicted octanol–water partition coefficient (Wildman–Crippen LogP) is 2.05. The van der Waals surface area contributed by atoms with Crippen LogP contribution in [0.4, 0.5) is 0 Å². The Morgan fingerprint density at radius 2 is 2.00 bits per heavy atom. The number of hydrogen-bond donors (Lipinski definition) is 0. The van der Waals surface area contributed by atoms with Crippen LogP contribution in [-0.2, 0) is 14.3 Å². The fraction of sp³-hybridized carbons (Fsp3) is 0.200. The van der Waals surface area contributed by atoms with Crippen molar-refractivity contribution in [2.24, 2.45) is 0 Å². The first-order valence-corrected chi connectivity index (χ1v) is 5.64. The molecule has 0 fully saturated rings. The predicted molar refractivity (Wildman–Crippen MR) is 71.2 cm³/mol. The standard InChI is InChI=1S/C15H14O4/c1-3-4-11-19-14(16)10-7-12-5-8-13(9-6-12)15(17)18-2/h1,5-10H,4,11H2,2H3. The lowest BCUT2D eigenvalue weighted by Crippen LogP contribution is -2.01. The molecule has 1 aromatic rings. The third kappa shape index (κ3) is 5.09. The lowest BCUT2D eigenvalue weighted by molar-refractivity contribution is -0.137. The van der Waals surface area contributed by atoms with Gasteiger partial charge in [0.25, 0.3) is 0 Å². The Labute approximate surface area is 112 Å². The molecule has 0 aliphatic rings. The molecule has 0 heterocycles. The fourth-order valence-corrected chi connectivity index (χ4v) is 1.27. The number of carbonyl (C=O) groups excluding carboxylic acids is 2. The molecule has 4 heteroatoms. The highest BCUT2D eigenvalue weighted by Crippen LogP contribution is 2.07. The highest BCUT2D eigenvalue weighted by atomic mass is 16.5. The van der Waals surface area contributed by atoms with E-state index in [9.17, 15) is 9.59 Å². The van der Waals surface area contributed by atoms with Crippen molar-refractivity contribution in [2.75, 3.05) is 13.7 Å². The summed E-state index contributed by atoms with van der Waals surface area (Å²) in [5, 5.41) is 0. The quantitative estimate of drug-likeness (QED) is 0.351. The van der Waals surface area contributed by atoms with Crippen LogP contribution in [0.15, 0.2) is 30.3 Å². The lowest BCUT2D eigenvalue weighted by atomic mass is 10.1. The van der Waals surface area contributed by atoms with Crippen LogP contribution in [0.2, 0.25) is 0 Å². The summed E-state index contributed by atoms with van der Waals surface area (Å²) in [7, 11) is 1.32. The van der Waals surface area contributed by atoms with Gasteiger partial charge < -0.3 is 9.47 Å². The Kier molecular flexibility index (Phi) is 5.90. The average Bonchev–Trinajstić information content (AvgIpc) is 2.45. The highest BCUT2D eigenvalue weighted by molar-refractivity contribution is 5.90. The molecule has 1 aromatic carbocycles. The second-order valence-corrected chi connectivity index (χ2v) is 3.57. The number of terminal acetylenes is 1. The van der Waals surface area contributed by atoms with Crippen molar-refractivity contribution in [1.29, 1.82) is 0 Å². The number of benzene rings is 1. The molecule has 0 aliphatic heterocycles. The molecule has 0 N–H and O–H groups in total. The maximum absolute atomic E-state index is 11.3. The van der Waals surface area contributed by atoms with Gasteiger partial charge in [0.2, 0.25) is 0 Å². The van der Waals surface area contributed by atoms with E-state index in [2.05, 4.69) is 10.7 Å². The summed E-state index contributed by atoms with van der Waals surface area (Å²) in [5.74, 6) is 1.52. The van der Waals surface area contributed by atoms with Gasteiger partial charge in [-0.05, 0) is 23.8 Å². The Morgan fingerprint density at radius 3 is 2.58 bits per heavy atom. The number of hydrogen-bond acceptors (Lipinski definition) is 4. The number of rotatable bonds is 5. The largest absolute Gasteiger partial charge is 0.465 e. The van der Waals surface area contributed by atoms with Crippen molar-refractivity contribution in [3.8, 4) is 12.3 Å². The average molecular weight is 258 g/mol. The Morgan fingerprint density at radius 1 is 1.32 bits per heavy atom. The summed E-state index contributed by atoms with van der Waals surface area (Å²) in [6.45, 7) is 0.209. The molecule has 0 saturated carbocycles. The molecule has 0 atom stereocenters. The van der Waals surface area contributed by atoms with Crippen molar-refractivity contribution in [3.63, 3.8) is 0 Å². The van der Waals surface area contributed by atoms with Crippen LogP contribution < -0.4 is 0 Å². The van der Waals surface area contributed by atoms with E-state index in [1.165, 1.54) is 13.2 Å². The molecule has 0 unspecified atom stereocenters. The van der Waals surface area contributed by atoms with Crippen LogP contribution in [0.3, 0.4) is 0 Å². The SMILES string of the molecule is C#CCCOC(=O)C=Cc1ccc(C(=O)OC)cc1. The van der Waals surface area contributed by atoms with E-state index >= 15 is 0 Å². The van der Waals surface area contributed by atoms with Crippen LogP contribution in [0.1, 0.15) is 22.3 Å². The minimum Gasteiger partial charge on any atom is -0.465 e. The molecule has 0 aromatic heterocycles. The van der Waals surface area contributed by atoms with Gasteiger partial charge in [-0.25, -0.2) is 9.59 Å². The molecular weight excluding hydrogens is 244 g/mol. The zero-order chi connectivity index (χ0) is 14.1. The van der Waals surface area contributed by atoms with Crippen LogP contribution in [-0.4, -0.2) is 25.7 Å². The Bertz CT molecular complexity index is 506. The molecule has 0 saturated heterocycles. The monoisotopic (exact) mass is 258 g/mol. The minimum atomic E-state index is -0.452. The second kappa shape index (κ2) is 7.72. The van der Waals surface area contributed by atoms with Crippen molar-refractivity contribution in [3.05, 3.63) is 41.5 Å².